The van der Waals surface area contributed by atoms with Crippen molar-refractivity contribution in [1.29, 1.82) is 0 Å². The number of sulfone groups is 1. The highest BCUT2D eigenvalue weighted by Gasteiger charge is 2.39. The van der Waals surface area contributed by atoms with Gasteiger partial charge in [-0.15, -0.1) is 0 Å². The van der Waals surface area contributed by atoms with E-state index in [1.807, 2.05) is 25.1 Å². The lowest BCUT2D eigenvalue weighted by Crippen LogP contribution is -2.51. The maximum Gasteiger partial charge on any atom is 0.230 e. The highest BCUT2D eigenvalue weighted by atomic mass is 32.2. The van der Waals surface area contributed by atoms with E-state index < -0.39 is 9.84 Å². The van der Waals surface area contributed by atoms with Crippen LogP contribution in [0.2, 0.25) is 0 Å². The normalized spacial score (nSPS) is 23.9. The largest absolute Gasteiger partial charge is 0.404 e. The number of amides is 2. The summed E-state index contributed by atoms with van der Waals surface area (Å²) < 4.78 is 23.3. The SMILES string of the molecule is CC(=O)N1c2ccc(/C(C=NC3CCS(=O)(=O)CC3)=C/N)cc2N(C(=O)C2CC2)C[C@@H]1C. The number of carbonyl (C=O) groups is 2. The van der Waals surface area contributed by atoms with E-state index in [0.29, 0.717) is 30.6 Å². The number of nitrogens with two attached hydrogens (primary N) is 1. The molecule has 1 atom stereocenters. The van der Waals surface area contributed by atoms with Gasteiger partial charge in [-0.2, -0.15) is 0 Å². The molecule has 0 spiro atoms. The maximum atomic E-state index is 13.0. The minimum Gasteiger partial charge on any atom is -0.404 e. The van der Waals surface area contributed by atoms with Gasteiger partial charge in [-0.25, -0.2) is 8.42 Å². The van der Waals surface area contributed by atoms with E-state index in [0.717, 1.165) is 24.1 Å². The average molecular weight is 459 g/mol. The van der Waals surface area contributed by atoms with E-state index in [4.69, 9.17) is 5.73 Å². The molecule has 2 fully saturated rings. The van der Waals surface area contributed by atoms with Crippen molar-refractivity contribution >= 4 is 44.8 Å². The second-order valence-electron chi connectivity index (χ2n) is 8.95. The number of anilines is 2. The Morgan fingerprint density at radius 3 is 2.41 bits per heavy atom. The zero-order valence-electron chi connectivity index (χ0n) is 18.5. The van der Waals surface area contributed by atoms with Gasteiger partial charge in [0.25, 0.3) is 0 Å². The Morgan fingerprint density at radius 1 is 1.12 bits per heavy atom. The second-order valence-corrected chi connectivity index (χ2v) is 11.3. The summed E-state index contributed by atoms with van der Waals surface area (Å²) >= 11 is 0. The quantitative estimate of drug-likeness (QED) is 0.695. The maximum absolute atomic E-state index is 13.0. The first-order chi connectivity index (χ1) is 15.2. The number of benzene rings is 1. The summed E-state index contributed by atoms with van der Waals surface area (Å²) in [7, 11) is -2.94. The van der Waals surface area contributed by atoms with Crippen LogP contribution >= 0.6 is 0 Å². The fraction of sp³-hybridized carbons (Fsp3) is 0.522. The first-order valence-electron chi connectivity index (χ1n) is 11.1. The molecular formula is C23H30N4O4S. The number of aliphatic imine (C=N–C) groups is 1. The molecule has 0 bridgehead atoms. The zero-order valence-corrected chi connectivity index (χ0v) is 19.3. The van der Waals surface area contributed by atoms with E-state index in [-0.39, 0.29) is 41.3 Å². The van der Waals surface area contributed by atoms with Gasteiger partial charge in [0.05, 0.1) is 35.0 Å². The number of hydrogen-bond acceptors (Lipinski definition) is 6. The molecule has 1 aromatic rings. The highest BCUT2D eigenvalue weighted by Crippen LogP contribution is 2.41. The van der Waals surface area contributed by atoms with Gasteiger partial charge in [0.1, 0.15) is 9.84 Å². The Bertz CT molecular complexity index is 1080. The topological polar surface area (TPSA) is 113 Å². The fourth-order valence-electron chi connectivity index (χ4n) is 4.47. The van der Waals surface area contributed by atoms with Gasteiger partial charge >= 0.3 is 0 Å². The number of fused-ring (bicyclic) bond motifs is 1. The van der Waals surface area contributed by atoms with Crippen LogP contribution in [0.5, 0.6) is 0 Å². The molecule has 32 heavy (non-hydrogen) atoms. The zero-order chi connectivity index (χ0) is 23.0. The van der Waals surface area contributed by atoms with Crippen molar-refractivity contribution in [3.63, 3.8) is 0 Å². The average Bonchev–Trinajstić information content (AvgIpc) is 3.59. The highest BCUT2D eigenvalue weighted by molar-refractivity contribution is 7.91. The molecule has 0 radical (unpaired) electrons. The smallest absolute Gasteiger partial charge is 0.230 e. The molecule has 9 heteroatoms. The standard InChI is InChI=1S/C23H30N4O4S/c1-15-14-26(23(29)17-3-4-17)22-11-18(5-6-21(22)27(15)16(2)28)19(12-24)13-25-20-7-9-32(30,31)10-8-20/h5-6,11-13,15,17,20H,3-4,7-10,14,24H2,1-2H3/b19-12+,25-13?/t15-/m0/s1. The summed E-state index contributed by atoms with van der Waals surface area (Å²) in [6.07, 6.45) is 5.99. The summed E-state index contributed by atoms with van der Waals surface area (Å²) in [5, 5.41) is 0. The molecule has 1 saturated heterocycles. The number of nitrogens with zero attached hydrogens (tertiary/aromatic N) is 3. The molecule has 2 amide bonds. The third-order valence-corrected chi connectivity index (χ3v) is 8.12. The number of allylic oxidation sites excluding steroid dienone is 1. The van der Waals surface area contributed by atoms with Crippen LogP contribution in [0.25, 0.3) is 5.57 Å². The summed E-state index contributed by atoms with van der Waals surface area (Å²) in [5.74, 6) is 0.429. The molecule has 3 aliphatic rings. The van der Waals surface area contributed by atoms with Gasteiger partial charge in [0.2, 0.25) is 11.8 Å². The first kappa shape index (κ1) is 22.5. The predicted octanol–water partition coefficient (Wildman–Crippen LogP) is 2.13. The van der Waals surface area contributed by atoms with E-state index in [1.165, 1.54) is 13.1 Å². The van der Waals surface area contributed by atoms with Crippen LogP contribution in [0.1, 0.15) is 45.1 Å². The van der Waals surface area contributed by atoms with Crippen molar-refractivity contribution in [2.75, 3.05) is 27.9 Å². The minimum absolute atomic E-state index is 0.0481. The summed E-state index contributed by atoms with van der Waals surface area (Å²) in [5.41, 5.74) is 8.81. The lowest BCUT2D eigenvalue weighted by atomic mass is 10.0. The minimum atomic E-state index is -2.94. The molecule has 0 aromatic heterocycles. The van der Waals surface area contributed by atoms with Crippen LogP contribution in [0.15, 0.2) is 29.4 Å². The summed E-state index contributed by atoms with van der Waals surface area (Å²) in [4.78, 5) is 33.4. The molecule has 1 aliphatic carbocycles. The van der Waals surface area contributed by atoms with Crippen LogP contribution < -0.4 is 15.5 Å². The molecule has 4 rings (SSSR count). The monoisotopic (exact) mass is 458 g/mol. The molecule has 0 unspecified atom stereocenters. The Kier molecular flexibility index (Phi) is 6.11. The number of carbonyl (C=O) groups excluding carboxylic acids is 2. The van der Waals surface area contributed by atoms with Crippen molar-refractivity contribution < 1.29 is 18.0 Å². The van der Waals surface area contributed by atoms with Crippen molar-refractivity contribution in [3.05, 3.63) is 30.0 Å². The first-order valence-corrected chi connectivity index (χ1v) is 12.9. The Balaban J connectivity index is 1.64. The second kappa shape index (κ2) is 8.69. The van der Waals surface area contributed by atoms with Crippen LogP contribution in [0, 0.1) is 5.92 Å². The Labute approximate surface area is 189 Å². The Morgan fingerprint density at radius 2 is 1.81 bits per heavy atom. The summed E-state index contributed by atoms with van der Waals surface area (Å²) in [6.45, 7) is 3.94. The predicted molar refractivity (Wildman–Crippen MR) is 126 cm³/mol. The molecule has 2 heterocycles. The van der Waals surface area contributed by atoms with Crippen molar-refractivity contribution in [2.45, 2.75) is 51.6 Å². The van der Waals surface area contributed by atoms with E-state index in [9.17, 15) is 18.0 Å². The molecule has 2 aliphatic heterocycles. The molecule has 1 saturated carbocycles. The molecule has 2 N–H and O–H groups in total. The van der Waals surface area contributed by atoms with Gasteiger partial charge in [-0.3, -0.25) is 14.6 Å². The van der Waals surface area contributed by atoms with Crippen molar-refractivity contribution in [1.82, 2.24) is 0 Å². The molecule has 1 aromatic carbocycles. The van der Waals surface area contributed by atoms with Gasteiger partial charge in [-0.05, 0) is 50.3 Å². The van der Waals surface area contributed by atoms with Crippen LogP contribution in [0.4, 0.5) is 11.4 Å². The van der Waals surface area contributed by atoms with Crippen molar-refractivity contribution in [2.24, 2.45) is 16.6 Å². The fourth-order valence-corrected chi connectivity index (χ4v) is 5.94. The lowest BCUT2D eigenvalue weighted by Gasteiger charge is -2.41. The van der Waals surface area contributed by atoms with Crippen LogP contribution in [-0.4, -0.2) is 56.6 Å². The van der Waals surface area contributed by atoms with Crippen LogP contribution in [0.3, 0.4) is 0 Å². The number of rotatable bonds is 4. The van der Waals surface area contributed by atoms with Crippen molar-refractivity contribution in [3.8, 4) is 0 Å². The van der Waals surface area contributed by atoms with Gasteiger partial charge in [0.15, 0.2) is 0 Å². The molecule has 8 nitrogen and oxygen atoms in total. The molecular weight excluding hydrogens is 428 g/mol. The number of hydrogen-bond donors (Lipinski definition) is 1. The van der Waals surface area contributed by atoms with E-state index in [1.54, 1.807) is 16.0 Å². The van der Waals surface area contributed by atoms with Gasteiger partial charge in [0, 0.05) is 37.4 Å². The Hall–Kier alpha value is -2.68. The summed E-state index contributed by atoms with van der Waals surface area (Å²) in [6, 6.07) is 5.48. The van der Waals surface area contributed by atoms with E-state index in [2.05, 4.69) is 4.99 Å². The van der Waals surface area contributed by atoms with E-state index >= 15 is 0 Å². The third-order valence-electron chi connectivity index (χ3n) is 6.41. The lowest BCUT2D eigenvalue weighted by molar-refractivity contribution is -0.120. The van der Waals surface area contributed by atoms with Gasteiger partial charge in [-0.1, -0.05) is 6.07 Å². The molecule has 172 valence electrons. The van der Waals surface area contributed by atoms with Crippen LogP contribution in [-0.2, 0) is 19.4 Å². The van der Waals surface area contributed by atoms with Gasteiger partial charge < -0.3 is 15.5 Å². The third kappa shape index (κ3) is 4.57.